The molecule has 0 bridgehead atoms. The molecule has 0 atom stereocenters. The van der Waals surface area contributed by atoms with Crippen LogP contribution in [-0.2, 0) is 0 Å². The molecule has 2 nitrogen and oxygen atoms in total. The van der Waals surface area contributed by atoms with Gasteiger partial charge < -0.3 is 9.47 Å². The molecule has 0 fully saturated rings. The molecular formula is C12H2Br4Cl2O2. The minimum Gasteiger partial charge on any atom is -0.447 e. The van der Waals surface area contributed by atoms with Crippen LogP contribution in [0, 0.1) is 0 Å². The lowest BCUT2D eigenvalue weighted by Crippen LogP contribution is -2.02. The van der Waals surface area contributed by atoms with E-state index in [-0.39, 0.29) is 0 Å². The van der Waals surface area contributed by atoms with Gasteiger partial charge in [0.1, 0.15) is 10.0 Å². The molecule has 1 heterocycles. The highest BCUT2D eigenvalue weighted by molar-refractivity contribution is 9.11. The molecule has 0 radical (unpaired) electrons. The molecule has 1 aliphatic heterocycles. The zero-order chi connectivity index (χ0) is 14.6. The predicted molar refractivity (Wildman–Crippen MR) is 93.9 cm³/mol. The fourth-order valence-corrected chi connectivity index (χ4v) is 4.46. The first-order valence-electron chi connectivity index (χ1n) is 5.11. The molecule has 0 spiro atoms. The van der Waals surface area contributed by atoms with Crippen LogP contribution in [0.15, 0.2) is 30.0 Å². The Bertz CT molecular complexity index is 686. The Morgan fingerprint density at radius 1 is 0.600 bits per heavy atom. The summed E-state index contributed by atoms with van der Waals surface area (Å²) < 4.78 is 14.6. The minimum absolute atomic E-state index is 0.430. The molecule has 20 heavy (non-hydrogen) atoms. The first-order chi connectivity index (χ1) is 9.40. The SMILES string of the molecule is Clc1c(Br)cc(Br)c2c1Oc1c(Br)cc(Br)c(Cl)c1O2. The standard InChI is InChI=1S/C12H2Br4Cl2O2/c13-3-1-5(15)9-11(7(3)17)20-10-6(16)2-4(14)8(18)12(10)19-9/h1-2H. The van der Waals surface area contributed by atoms with Gasteiger partial charge in [-0.1, -0.05) is 23.2 Å². The van der Waals surface area contributed by atoms with Crippen LogP contribution in [0.4, 0.5) is 0 Å². The van der Waals surface area contributed by atoms with Crippen LogP contribution in [0.1, 0.15) is 0 Å². The summed E-state index contributed by atoms with van der Waals surface area (Å²) in [5.41, 5.74) is 0. The molecule has 8 heteroatoms. The second kappa shape index (κ2) is 5.63. The highest BCUT2D eigenvalue weighted by Crippen LogP contribution is 2.58. The third-order valence-electron chi connectivity index (χ3n) is 2.58. The molecule has 0 unspecified atom stereocenters. The molecule has 0 saturated carbocycles. The zero-order valence-electron chi connectivity index (χ0n) is 9.24. The fourth-order valence-electron chi connectivity index (χ4n) is 1.69. The van der Waals surface area contributed by atoms with Gasteiger partial charge in [0.05, 0.1) is 8.95 Å². The summed E-state index contributed by atoms with van der Waals surface area (Å²) in [6.45, 7) is 0. The molecule has 3 rings (SSSR count). The van der Waals surface area contributed by atoms with Gasteiger partial charge in [0, 0.05) is 8.95 Å². The van der Waals surface area contributed by atoms with Gasteiger partial charge in [0.2, 0.25) is 0 Å². The summed E-state index contributed by atoms with van der Waals surface area (Å²) in [5, 5.41) is 0.861. The Kier molecular flexibility index (Phi) is 4.35. The Labute approximate surface area is 158 Å². The summed E-state index contributed by atoms with van der Waals surface area (Å²) in [6.07, 6.45) is 0. The van der Waals surface area contributed by atoms with Crippen molar-refractivity contribution in [2.24, 2.45) is 0 Å². The Hall–Kier alpha value is 0.540. The lowest BCUT2D eigenvalue weighted by Gasteiger charge is -2.25. The van der Waals surface area contributed by atoms with Gasteiger partial charge >= 0.3 is 0 Å². The van der Waals surface area contributed by atoms with Crippen molar-refractivity contribution in [1.29, 1.82) is 0 Å². The largest absolute Gasteiger partial charge is 0.447 e. The summed E-state index contributed by atoms with van der Waals surface area (Å²) >= 11 is 26.1. The molecule has 0 N–H and O–H groups in total. The predicted octanol–water partition coefficient (Wildman–Crippen LogP) is 7.94. The number of ether oxygens (including phenoxy) is 2. The maximum Gasteiger partial charge on any atom is 0.191 e. The van der Waals surface area contributed by atoms with Crippen LogP contribution in [-0.4, -0.2) is 0 Å². The van der Waals surface area contributed by atoms with E-state index in [0.717, 1.165) is 0 Å². The van der Waals surface area contributed by atoms with Crippen LogP contribution in [0.25, 0.3) is 0 Å². The average molecular weight is 569 g/mol. The van der Waals surface area contributed by atoms with Gasteiger partial charge in [-0.05, 0) is 75.9 Å². The van der Waals surface area contributed by atoms with Gasteiger partial charge in [-0.3, -0.25) is 0 Å². The first-order valence-corrected chi connectivity index (χ1v) is 9.03. The Morgan fingerprint density at radius 2 is 0.950 bits per heavy atom. The fraction of sp³-hybridized carbons (Fsp3) is 0. The molecule has 0 amide bonds. The molecule has 104 valence electrons. The average Bonchev–Trinajstić information content (AvgIpc) is 2.41. The quantitative estimate of drug-likeness (QED) is 0.256. The molecule has 0 aliphatic carbocycles. The molecular weight excluding hydrogens is 567 g/mol. The van der Waals surface area contributed by atoms with Crippen molar-refractivity contribution >= 4 is 86.9 Å². The number of rotatable bonds is 0. The van der Waals surface area contributed by atoms with Gasteiger partial charge in [-0.15, -0.1) is 0 Å². The first kappa shape index (κ1) is 15.4. The van der Waals surface area contributed by atoms with Gasteiger partial charge in [0.15, 0.2) is 23.0 Å². The van der Waals surface area contributed by atoms with Crippen LogP contribution in [0.2, 0.25) is 10.0 Å². The van der Waals surface area contributed by atoms with Crippen molar-refractivity contribution < 1.29 is 9.47 Å². The zero-order valence-corrected chi connectivity index (χ0v) is 17.1. The van der Waals surface area contributed by atoms with Crippen molar-refractivity contribution in [3.8, 4) is 23.0 Å². The number of hydrogen-bond donors (Lipinski definition) is 0. The van der Waals surface area contributed by atoms with E-state index >= 15 is 0 Å². The number of fused-ring (bicyclic) bond motifs is 2. The summed E-state index contributed by atoms with van der Waals surface area (Å²) in [4.78, 5) is 0. The number of hydrogen-bond acceptors (Lipinski definition) is 2. The maximum atomic E-state index is 6.24. The van der Waals surface area contributed by atoms with Crippen molar-refractivity contribution in [1.82, 2.24) is 0 Å². The number of halogens is 6. The van der Waals surface area contributed by atoms with Crippen molar-refractivity contribution in [3.63, 3.8) is 0 Å². The maximum absolute atomic E-state index is 6.24. The van der Waals surface area contributed by atoms with E-state index < -0.39 is 0 Å². The highest BCUT2D eigenvalue weighted by atomic mass is 79.9. The second-order valence-corrected chi connectivity index (χ2v) is 8.00. The lowest BCUT2D eigenvalue weighted by molar-refractivity contribution is 0.356. The van der Waals surface area contributed by atoms with Crippen molar-refractivity contribution in [2.75, 3.05) is 0 Å². The van der Waals surface area contributed by atoms with Crippen LogP contribution in [0.5, 0.6) is 23.0 Å². The monoisotopic (exact) mass is 564 g/mol. The summed E-state index contributed by atoms with van der Waals surface area (Å²) in [5.74, 6) is 1.83. The van der Waals surface area contributed by atoms with Gasteiger partial charge in [-0.25, -0.2) is 0 Å². The lowest BCUT2D eigenvalue weighted by atomic mass is 10.2. The summed E-state index contributed by atoms with van der Waals surface area (Å²) in [7, 11) is 0. The van der Waals surface area contributed by atoms with E-state index in [1.54, 1.807) is 12.1 Å². The molecule has 2 aromatic carbocycles. The van der Waals surface area contributed by atoms with Crippen LogP contribution in [0.3, 0.4) is 0 Å². The highest BCUT2D eigenvalue weighted by Gasteiger charge is 2.30. The molecule has 2 aromatic rings. The topological polar surface area (TPSA) is 18.5 Å². The van der Waals surface area contributed by atoms with E-state index in [9.17, 15) is 0 Å². The Morgan fingerprint density at radius 3 is 1.30 bits per heavy atom. The van der Waals surface area contributed by atoms with Gasteiger partial charge in [0.25, 0.3) is 0 Å². The van der Waals surface area contributed by atoms with E-state index in [1.807, 2.05) is 0 Å². The minimum atomic E-state index is 0.430. The van der Waals surface area contributed by atoms with Crippen LogP contribution < -0.4 is 9.47 Å². The van der Waals surface area contributed by atoms with Gasteiger partial charge in [-0.2, -0.15) is 0 Å². The van der Waals surface area contributed by atoms with E-state index in [2.05, 4.69) is 63.7 Å². The van der Waals surface area contributed by atoms with Crippen molar-refractivity contribution in [3.05, 3.63) is 40.1 Å². The molecule has 0 saturated heterocycles. The molecule has 1 aliphatic rings. The summed E-state index contributed by atoms with van der Waals surface area (Å²) in [6, 6.07) is 3.58. The van der Waals surface area contributed by atoms with Crippen molar-refractivity contribution in [2.45, 2.75) is 0 Å². The third-order valence-corrected chi connectivity index (χ3v) is 6.22. The Balaban J connectivity index is 2.27. The van der Waals surface area contributed by atoms with E-state index in [0.29, 0.717) is 50.9 Å². The normalized spacial score (nSPS) is 12.3. The van der Waals surface area contributed by atoms with Crippen LogP contribution >= 0.6 is 86.9 Å². The van der Waals surface area contributed by atoms with E-state index in [4.69, 9.17) is 32.7 Å². The second-order valence-electron chi connectivity index (χ2n) is 3.83. The number of benzene rings is 2. The molecule has 0 aromatic heterocycles. The van der Waals surface area contributed by atoms with E-state index in [1.165, 1.54) is 0 Å². The third kappa shape index (κ3) is 2.42. The smallest absolute Gasteiger partial charge is 0.191 e.